The summed E-state index contributed by atoms with van der Waals surface area (Å²) in [5.41, 5.74) is 1.38. The van der Waals surface area contributed by atoms with Crippen molar-refractivity contribution in [1.29, 1.82) is 0 Å². The highest BCUT2D eigenvalue weighted by atomic mass is 32.1. The molecule has 1 aliphatic rings. The molecule has 3 nitrogen and oxygen atoms in total. The molecule has 17 heavy (non-hydrogen) atoms. The molecule has 0 spiro atoms. The first kappa shape index (κ1) is 10.5. The summed E-state index contributed by atoms with van der Waals surface area (Å²) in [6.07, 6.45) is 11.5. The molecule has 0 aromatic carbocycles. The number of hydrogen-bond donors (Lipinski definition) is 0. The van der Waals surface area contributed by atoms with Gasteiger partial charge in [-0.15, -0.1) is 17.8 Å². The second-order valence-corrected chi connectivity index (χ2v) is 5.15. The van der Waals surface area contributed by atoms with Crippen LogP contribution in [0.15, 0.2) is 6.33 Å². The first-order chi connectivity index (χ1) is 8.40. The molecule has 0 fully saturated rings. The van der Waals surface area contributed by atoms with Gasteiger partial charge in [-0.2, -0.15) is 0 Å². The van der Waals surface area contributed by atoms with E-state index >= 15 is 0 Å². The molecule has 2 aromatic heterocycles. The maximum absolute atomic E-state index is 5.51. The van der Waals surface area contributed by atoms with Crippen molar-refractivity contribution >= 4 is 21.6 Å². The van der Waals surface area contributed by atoms with Gasteiger partial charge in [-0.25, -0.2) is 9.97 Å². The van der Waals surface area contributed by atoms with E-state index in [-0.39, 0.29) is 6.61 Å². The van der Waals surface area contributed by atoms with Crippen LogP contribution in [-0.4, -0.2) is 16.6 Å². The van der Waals surface area contributed by atoms with Crippen LogP contribution in [0.2, 0.25) is 0 Å². The van der Waals surface area contributed by atoms with Crippen LogP contribution in [0.4, 0.5) is 0 Å². The van der Waals surface area contributed by atoms with Gasteiger partial charge in [-0.1, -0.05) is 5.92 Å². The fourth-order valence-corrected chi connectivity index (χ4v) is 3.50. The van der Waals surface area contributed by atoms with E-state index in [2.05, 4.69) is 15.9 Å². The smallest absolute Gasteiger partial charge is 0.226 e. The summed E-state index contributed by atoms with van der Waals surface area (Å²) < 4.78 is 5.51. The normalized spacial score (nSPS) is 14.3. The van der Waals surface area contributed by atoms with E-state index in [0.717, 1.165) is 23.1 Å². The fraction of sp³-hybridized carbons (Fsp3) is 0.385. The zero-order valence-electron chi connectivity index (χ0n) is 9.40. The minimum absolute atomic E-state index is 0.261. The number of aromatic nitrogens is 2. The molecule has 86 valence electrons. The topological polar surface area (TPSA) is 35.0 Å². The second kappa shape index (κ2) is 4.34. The Kier molecular flexibility index (Phi) is 2.69. The lowest BCUT2D eigenvalue weighted by Crippen LogP contribution is -2.01. The number of nitrogens with zero attached hydrogens (tertiary/aromatic N) is 2. The summed E-state index contributed by atoms with van der Waals surface area (Å²) in [6.45, 7) is 0.261. The molecule has 0 saturated heterocycles. The Hall–Kier alpha value is -1.60. The lowest BCUT2D eigenvalue weighted by molar-refractivity contribution is 0.359. The van der Waals surface area contributed by atoms with Crippen molar-refractivity contribution in [1.82, 2.24) is 9.97 Å². The monoisotopic (exact) mass is 244 g/mol. The Morgan fingerprint density at radius 2 is 2.24 bits per heavy atom. The largest absolute Gasteiger partial charge is 0.464 e. The minimum atomic E-state index is 0.261. The first-order valence-corrected chi connectivity index (χ1v) is 6.53. The molecule has 0 unspecified atom stereocenters. The van der Waals surface area contributed by atoms with Crippen LogP contribution in [0.1, 0.15) is 23.3 Å². The lowest BCUT2D eigenvalue weighted by Gasteiger charge is -2.11. The van der Waals surface area contributed by atoms with Gasteiger partial charge in [0.25, 0.3) is 0 Å². The summed E-state index contributed by atoms with van der Waals surface area (Å²) >= 11 is 1.76. The Balaban J connectivity index is 2.16. The zero-order valence-corrected chi connectivity index (χ0v) is 10.2. The molecule has 0 radical (unpaired) electrons. The van der Waals surface area contributed by atoms with Crippen LogP contribution >= 0.6 is 11.3 Å². The molecule has 2 aromatic rings. The zero-order chi connectivity index (χ0) is 11.7. The van der Waals surface area contributed by atoms with Crippen molar-refractivity contribution in [2.45, 2.75) is 25.7 Å². The quantitative estimate of drug-likeness (QED) is 0.762. The highest BCUT2D eigenvalue weighted by Crippen LogP contribution is 2.38. The minimum Gasteiger partial charge on any atom is -0.464 e. The van der Waals surface area contributed by atoms with E-state index in [1.165, 1.54) is 23.3 Å². The van der Waals surface area contributed by atoms with Crippen molar-refractivity contribution in [3.8, 4) is 18.2 Å². The average molecular weight is 244 g/mol. The van der Waals surface area contributed by atoms with Crippen LogP contribution in [0.3, 0.4) is 0 Å². The molecule has 2 heterocycles. The van der Waals surface area contributed by atoms with Crippen LogP contribution in [-0.2, 0) is 12.8 Å². The van der Waals surface area contributed by atoms with Gasteiger partial charge < -0.3 is 4.74 Å². The van der Waals surface area contributed by atoms with Gasteiger partial charge >= 0.3 is 0 Å². The SMILES string of the molecule is C#CCOc1ncnc2sc3c(c12)CCCC3. The summed E-state index contributed by atoms with van der Waals surface area (Å²) in [5.74, 6) is 3.12. The number of rotatable bonds is 2. The van der Waals surface area contributed by atoms with Gasteiger partial charge in [0, 0.05) is 4.88 Å². The van der Waals surface area contributed by atoms with E-state index in [1.807, 2.05) is 0 Å². The summed E-state index contributed by atoms with van der Waals surface area (Å²) in [4.78, 5) is 11.0. The highest BCUT2D eigenvalue weighted by Gasteiger charge is 2.20. The molecule has 0 atom stereocenters. The van der Waals surface area contributed by atoms with Gasteiger partial charge in [0.1, 0.15) is 11.2 Å². The molecule has 0 bridgehead atoms. The third-order valence-corrected chi connectivity index (χ3v) is 4.21. The Bertz CT molecular complexity index is 597. The van der Waals surface area contributed by atoms with E-state index in [9.17, 15) is 0 Å². The summed E-state index contributed by atoms with van der Waals surface area (Å²) in [6, 6.07) is 0. The maximum Gasteiger partial charge on any atom is 0.226 e. The summed E-state index contributed by atoms with van der Waals surface area (Å²) in [5, 5.41) is 1.09. The second-order valence-electron chi connectivity index (χ2n) is 4.06. The number of thiophene rings is 1. The molecule has 0 amide bonds. The summed E-state index contributed by atoms with van der Waals surface area (Å²) in [7, 11) is 0. The van der Waals surface area contributed by atoms with E-state index < -0.39 is 0 Å². The maximum atomic E-state index is 5.51. The standard InChI is InChI=1S/C13H12N2OS/c1-2-7-16-12-11-9-5-3-4-6-10(9)17-13(11)15-8-14-12/h1,8H,3-7H2. The molecular formula is C13H12N2OS. The van der Waals surface area contributed by atoms with Crippen LogP contribution in [0.25, 0.3) is 10.2 Å². The van der Waals surface area contributed by atoms with E-state index in [0.29, 0.717) is 5.88 Å². The Labute approximate surface area is 104 Å². The van der Waals surface area contributed by atoms with Crippen molar-refractivity contribution in [3.05, 3.63) is 16.8 Å². The number of hydrogen-bond acceptors (Lipinski definition) is 4. The number of terminal acetylenes is 1. The van der Waals surface area contributed by atoms with Gasteiger partial charge in [-0.05, 0) is 31.2 Å². The van der Waals surface area contributed by atoms with Crippen LogP contribution in [0, 0.1) is 12.3 Å². The fourth-order valence-electron chi connectivity index (χ4n) is 2.28. The number of aryl methyl sites for hydroxylation is 2. The van der Waals surface area contributed by atoms with Crippen molar-refractivity contribution < 1.29 is 4.74 Å². The van der Waals surface area contributed by atoms with Crippen LogP contribution < -0.4 is 4.74 Å². The van der Waals surface area contributed by atoms with Crippen molar-refractivity contribution in [3.63, 3.8) is 0 Å². The van der Waals surface area contributed by atoms with Crippen molar-refractivity contribution in [2.24, 2.45) is 0 Å². The van der Waals surface area contributed by atoms with E-state index in [4.69, 9.17) is 11.2 Å². The van der Waals surface area contributed by atoms with Crippen LogP contribution in [0.5, 0.6) is 5.88 Å². The molecule has 1 aliphatic carbocycles. The molecule has 0 N–H and O–H groups in total. The van der Waals surface area contributed by atoms with Gasteiger partial charge in [0.15, 0.2) is 6.61 Å². The van der Waals surface area contributed by atoms with E-state index in [1.54, 1.807) is 17.7 Å². The Morgan fingerprint density at radius 1 is 1.35 bits per heavy atom. The first-order valence-electron chi connectivity index (χ1n) is 5.71. The Morgan fingerprint density at radius 3 is 3.12 bits per heavy atom. The molecule has 0 saturated carbocycles. The third-order valence-electron chi connectivity index (χ3n) is 3.01. The molecule has 4 heteroatoms. The number of fused-ring (bicyclic) bond motifs is 3. The average Bonchev–Trinajstić information content (AvgIpc) is 2.75. The predicted octanol–water partition coefficient (Wildman–Crippen LogP) is 2.58. The lowest BCUT2D eigenvalue weighted by atomic mass is 9.97. The molecular weight excluding hydrogens is 232 g/mol. The number of ether oxygens (including phenoxy) is 1. The van der Waals surface area contributed by atoms with Gasteiger partial charge in [-0.3, -0.25) is 0 Å². The molecule has 3 rings (SSSR count). The van der Waals surface area contributed by atoms with Gasteiger partial charge in [0.2, 0.25) is 5.88 Å². The highest BCUT2D eigenvalue weighted by molar-refractivity contribution is 7.18. The molecule has 0 aliphatic heterocycles. The predicted molar refractivity (Wildman–Crippen MR) is 68.4 cm³/mol. The van der Waals surface area contributed by atoms with Gasteiger partial charge in [0.05, 0.1) is 5.39 Å². The van der Waals surface area contributed by atoms with Crippen molar-refractivity contribution in [2.75, 3.05) is 6.61 Å². The third kappa shape index (κ3) is 1.77.